The highest BCUT2D eigenvalue weighted by Gasteiger charge is 2.02. The molecule has 0 spiro atoms. The van der Waals surface area contributed by atoms with Crippen molar-refractivity contribution in [2.75, 3.05) is 12.3 Å². The van der Waals surface area contributed by atoms with Gasteiger partial charge in [-0.25, -0.2) is 4.98 Å². The maximum Gasteiger partial charge on any atom is 0.251 e. The fraction of sp³-hybridized carbons (Fsp3) is 0.692. The van der Waals surface area contributed by atoms with Gasteiger partial charge < -0.3 is 10.3 Å². The quantitative estimate of drug-likeness (QED) is 0.710. The van der Waals surface area contributed by atoms with Crippen molar-refractivity contribution in [2.45, 2.75) is 39.5 Å². The topological polar surface area (TPSA) is 57.8 Å². The van der Waals surface area contributed by atoms with Gasteiger partial charge in [-0.2, -0.15) is 11.8 Å². The molecular weight excluding hydrogens is 246 g/mol. The number of hydrogen-bond acceptors (Lipinski definition) is 4. The average molecular weight is 269 g/mol. The van der Waals surface area contributed by atoms with Crippen molar-refractivity contribution in [3.63, 3.8) is 0 Å². The molecule has 0 aliphatic heterocycles. The molecule has 0 unspecified atom stereocenters. The maximum atomic E-state index is 11.5. The molecule has 0 amide bonds. The number of nitrogens with one attached hydrogen (secondary N) is 2. The highest BCUT2D eigenvalue weighted by molar-refractivity contribution is 7.98. The zero-order chi connectivity index (χ0) is 13.4. The van der Waals surface area contributed by atoms with Crippen molar-refractivity contribution in [2.24, 2.45) is 5.92 Å². The van der Waals surface area contributed by atoms with E-state index in [2.05, 4.69) is 36.1 Å². The van der Waals surface area contributed by atoms with Gasteiger partial charge in [0.2, 0.25) is 0 Å². The van der Waals surface area contributed by atoms with Gasteiger partial charge in [0.1, 0.15) is 5.82 Å². The molecule has 0 fully saturated rings. The predicted octanol–water partition coefficient (Wildman–Crippen LogP) is 2.16. The first kappa shape index (κ1) is 15.2. The molecule has 1 rings (SSSR count). The Morgan fingerprint density at radius 1 is 1.50 bits per heavy atom. The van der Waals surface area contributed by atoms with E-state index in [4.69, 9.17) is 0 Å². The minimum atomic E-state index is -0.0570. The van der Waals surface area contributed by atoms with E-state index in [-0.39, 0.29) is 5.56 Å². The normalized spacial score (nSPS) is 11.1. The first-order chi connectivity index (χ1) is 8.61. The van der Waals surface area contributed by atoms with E-state index in [1.54, 1.807) is 6.07 Å². The third kappa shape index (κ3) is 6.21. The number of H-pyrrole nitrogens is 1. The molecule has 1 heterocycles. The second-order valence-corrected chi connectivity index (χ2v) is 5.80. The van der Waals surface area contributed by atoms with Crippen molar-refractivity contribution < 1.29 is 0 Å². The number of aromatic amines is 1. The van der Waals surface area contributed by atoms with Gasteiger partial charge in [0.25, 0.3) is 5.56 Å². The smallest absolute Gasteiger partial charge is 0.251 e. The molecule has 0 saturated heterocycles. The molecule has 0 saturated carbocycles. The molecule has 0 aliphatic carbocycles. The number of hydrogen-bond donors (Lipinski definition) is 2. The fourth-order valence-corrected chi connectivity index (χ4v) is 2.43. The van der Waals surface area contributed by atoms with Crippen LogP contribution in [0.4, 0.5) is 0 Å². The van der Waals surface area contributed by atoms with Gasteiger partial charge in [0.15, 0.2) is 0 Å². The molecule has 1 aromatic rings. The van der Waals surface area contributed by atoms with Crippen LogP contribution in [-0.2, 0) is 12.3 Å². The van der Waals surface area contributed by atoms with E-state index >= 15 is 0 Å². The zero-order valence-corrected chi connectivity index (χ0v) is 12.3. The van der Waals surface area contributed by atoms with Gasteiger partial charge in [-0.05, 0) is 24.6 Å². The summed E-state index contributed by atoms with van der Waals surface area (Å²) < 4.78 is 0. The molecule has 18 heavy (non-hydrogen) atoms. The Bertz CT molecular complexity index is 403. The molecule has 2 N–H and O–H groups in total. The molecule has 0 bridgehead atoms. The van der Waals surface area contributed by atoms with Crippen LogP contribution < -0.4 is 10.9 Å². The number of thioether (sulfide) groups is 1. The Labute approximate surface area is 113 Å². The molecule has 0 aliphatic rings. The largest absolute Gasteiger partial charge is 0.311 e. The third-order valence-electron chi connectivity index (χ3n) is 2.27. The summed E-state index contributed by atoms with van der Waals surface area (Å²) in [6.45, 7) is 8.11. The third-order valence-corrected chi connectivity index (χ3v) is 3.65. The average Bonchev–Trinajstić information content (AvgIpc) is 2.28. The Hall–Kier alpha value is -0.810. The van der Waals surface area contributed by atoms with Crippen LogP contribution >= 0.6 is 11.8 Å². The first-order valence-electron chi connectivity index (χ1n) is 6.49. The van der Waals surface area contributed by atoms with E-state index in [1.165, 1.54) is 0 Å². The van der Waals surface area contributed by atoms with Crippen LogP contribution in [0.2, 0.25) is 0 Å². The lowest BCUT2D eigenvalue weighted by Crippen LogP contribution is -2.19. The molecule has 0 radical (unpaired) electrons. The first-order valence-corrected chi connectivity index (χ1v) is 7.65. The van der Waals surface area contributed by atoms with Crippen LogP contribution in [0.15, 0.2) is 10.9 Å². The fourth-order valence-electron chi connectivity index (χ4n) is 1.51. The summed E-state index contributed by atoms with van der Waals surface area (Å²) in [6.07, 6.45) is 1.08. The highest BCUT2D eigenvalue weighted by Crippen LogP contribution is 2.11. The minimum absolute atomic E-state index is 0.0570. The molecular formula is C13H23N3OS. The van der Waals surface area contributed by atoms with E-state index in [1.807, 2.05) is 11.8 Å². The van der Waals surface area contributed by atoms with E-state index in [0.29, 0.717) is 12.5 Å². The standard InChI is InChI=1S/C13H23N3OS/c1-4-5-14-7-11-6-13(17)16-12(15-11)9-18-8-10(2)3/h6,10,14H,4-5,7-9H2,1-3H3,(H,15,16,17). The predicted molar refractivity (Wildman–Crippen MR) is 77.9 cm³/mol. The Morgan fingerprint density at radius 2 is 2.28 bits per heavy atom. The van der Waals surface area contributed by atoms with Crippen molar-refractivity contribution in [3.05, 3.63) is 27.9 Å². The maximum absolute atomic E-state index is 11.5. The number of rotatable bonds is 8. The van der Waals surface area contributed by atoms with Crippen molar-refractivity contribution in [1.82, 2.24) is 15.3 Å². The molecule has 102 valence electrons. The highest BCUT2D eigenvalue weighted by atomic mass is 32.2. The Morgan fingerprint density at radius 3 is 2.94 bits per heavy atom. The SMILES string of the molecule is CCCNCc1cc(=O)[nH]c(CSCC(C)C)n1. The summed E-state index contributed by atoms with van der Waals surface area (Å²) in [5, 5.41) is 3.26. The minimum Gasteiger partial charge on any atom is -0.311 e. The van der Waals surface area contributed by atoms with Crippen molar-refractivity contribution in [3.8, 4) is 0 Å². The zero-order valence-electron chi connectivity index (χ0n) is 11.5. The van der Waals surface area contributed by atoms with Crippen LogP contribution in [0, 0.1) is 5.92 Å². The lowest BCUT2D eigenvalue weighted by molar-refractivity contribution is 0.659. The summed E-state index contributed by atoms with van der Waals surface area (Å²) in [4.78, 5) is 18.8. The van der Waals surface area contributed by atoms with Crippen molar-refractivity contribution >= 4 is 11.8 Å². The Kier molecular flexibility index (Phi) is 7.05. The van der Waals surface area contributed by atoms with E-state index in [0.717, 1.165) is 36.0 Å². The molecule has 0 atom stereocenters. The van der Waals surface area contributed by atoms with Gasteiger partial charge >= 0.3 is 0 Å². The second kappa shape index (κ2) is 8.32. The summed E-state index contributed by atoms with van der Waals surface area (Å²) in [6, 6.07) is 1.57. The van der Waals surface area contributed by atoms with Crippen LogP contribution in [0.25, 0.3) is 0 Å². The molecule has 5 heteroatoms. The van der Waals surface area contributed by atoms with Crippen LogP contribution in [0.3, 0.4) is 0 Å². The van der Waals surface area contributed by atoms with Crippen LogP contribution in [0.1, 0.15) is 38.7 Å². The van der Waals surface area contributed by atoms with E-state index in [9.17, 15) is 4.79 Å². The summed E-state index contributed by atoms with van der Waals surface area (Å²) in [7, 11) is 0. The Balaban J connectivity index is 2.54. The monoisotopic (exact) mass is 269 g/mol. The number of nitrogens with zero attached hydrogens (tertiary/aromatic N) is 1. The number of aromatic nitrogens is 2. The molecule has 0 aromatic carbocycles. The molecule has 4 nitrogen and oxygen atoms in total. The van der Waals surface area contributed by atoms with Gasteiger partial charge in [0, 0.05) is 12.6 Å². The van der Waals surface area contributed by atoms with Crippen LogP contribution in [0.5, 0.6) is 0 Å². The van der Waals surface area contributed by atoms with Gasteiger partial charge in [-0.3, -0.25) is 4.79 Å². The molecule has 1 aromatic heterocycles. The van der Waals surface area contributed by atoms with E-state index < -0.39 is 0 Å². The van der Waals surface area contributed by atoms with Crippen LogP contribution in [-0.4, -0.2) is 22.3 Å². The van der Waals surface area contributed by atoms with Gasteiger partial charge in [-0.15, -0.1) is 0 Å². The van der Waals surface area contributed by atoms with Gasteiger partial charge in [0.05, 0.1) is 11.4 Å². The second-order valence-electron chi connectivity index (χ2n) is 4.77. The summed E-state index contributed by atoms with van der Waals surface area (Å²) in [5.74, 6) is 3.30. The van der Waals surface area contributed by atoms with Gasteiger partial charge in [-0.1, -0.05) is 20.8 Å². The summed E-state index contributed by atoms with van der Waals surface area (Å²) in [5.41, 5.74) is 0.769. The summed E-state index contributed by atoms with van der Waals surface area (Å²) >= 11 is 1.81. The van der Waals surface area contributed by atoms with Crippen molar-refractivity contribution in [1.29, 1.82) is 0 Å². The lowest BCUT2D eigenvalue weighted by atomic mass is 10.3. The lowest BCUT2D eigenvalue weighted by Gasteiger charge is -2.06.